The molecule has 1 fully saturated rings. The number of anilines is 1. The van der Waals surface area contributed by atoms with Crippen molar-refractivity contribution >= 4 is 5.69 Å². The lowest BCUT2D eigenvalue weighted by molar-refractivity contribution is 0.101. The number of aryl methyl sites for hydroxylation is 1. The Kier molecular flexibility index (Phi) is 2.56. The first-order valence-electron chi connectivity index (χ1n) is 6.96. The summed E-state index contributed by atoms with van der Waals surface area (Å²) in [6.07, 6.45) is 2.47. The van der Waals surface area contributed by atoms with E-state index in [2.05, 4.69) is 59.5 Å². The Morgan fingerprint density at radius 3 is 2.63 bits per heavy atom. The van der Waals surface area contributed by atoms with E-state index in [-0.39, 0.29) is 6.23 Å². The molecule has 2 aliphatic rings. The maximum Gasteiger partial charge on any atom is 0.131 e. The number of ether oxygens (including phenoxy) is 1. The van der Waals surface area contributed by atoms with E-state index >= 15 is 0 Å². The minimum Gasteiger partial charge on any atom is -0.356 e. The van der Waals surface area contributed by atoms with Gasteiger partial charge in [0, 0.05) is 5.69 Å². The van der Waals surface area contributed by atoms with Crippen LogP contribution in [0.15, 0.2) is 54.6 Å². The summed E-state index contributed by atoms with van der Waals surface area (Å²) in [5, 5.41) is 0. The largest absolute Gasteiger partial charge is 0.356 e. The van der Waals surface area contributed by atoms with Crippen molar-refractivity contribution < 1.29 is 4.74 Å². The summed E-state index contributed by atoms with van der Waals surface area (Å²) >= 11 is 0. The van der Waals surface area contributed by atoms with Gasteiger partial charge in [-0.3, -0.25) is 0 Å². The van der Waals surface area contributed by atoms with Crippen LogP contribution in [0.25, 0.3) is 0 Å². The van der Waals surface area contributed by atoms with Gasteiger partial charge < -0.3 is 9.64 Å². The first-order chi connectivity index (χ1) is 9.43. The van der Waals surface area contributed by atoms with Crippen LogP contribution in [0.5, 0.6) is 0 Å². The fraction of sp³-hybridized carbons (Fsp3) is 0.294. The van der Waals surface area contributed by atoms with Gasteiger partial charge in [-0.25, -0.2) is 0 Å². The summed E-state index contributed by atoms with van der Waals surface area (Å²) < 4.78 is 6.01. The predicted molar refractivity (Wildman–Crippen MR) is 76.2 cm³/mol. The molecule has 2 heteroatoms. The van der Waals surface area contributed by atoms with Gasteiger partial charge in [-0.05, 0) is 30.0 Å². The number of nitrogens with zero attached hydrogens (tertiary/aromatic N) is 1. The topological polar surface area (TPSA) is 12.5 Å². The average molecular weight is 251 g/mol. The second-order valence-electron chi connectivity index (χ2n) is 5.29. The summed E-state index contributed by atoms with van der Waals surface area (Å²) in [7, 11) is 0. The van der Waals surface area contributed by atoms with Crippen molar-refractivity contribution in [3.05, 3.63) is 65.7 Å². The van der Waals surface area contributed by atoms with Crippen LogP contribution in [0, 0.1) is 0 Å². The molecule has 0 amide bonds. The summed E-state index contributed by atoms with van der Waals surface area (Å²) in [5.74, 6) is 0. The van der Waals surface area contributed by atoms with Crippen molar-refractivity contribution in [2.75, 3.05) is 11.5 Å². The predicted octanol–water partition coefficient (Wildman–Crippen LogP) is 3.54. The molecule has 2 aromatic carbocycles. The van der Waals surface area contributed by atoms with E-state index in [0.717, 1.165) is 19.4 Å². The van der Waals surface area contributed by atoms with Gasteiger partial charge in [0.25, 0.3) is 0 Å². The lowest BCUT2D eigenvalue weighted by Crippen LogP contribution is -2.36. The second-order valence-corrected chi connectivity index (χ2v) is 5.29. The van der Waals surface area contributed by atoms with Gasteiger partial charge >= 0.3 is 0 Å². The standard InChI is InChI=1S/C17H17NO/c1-2-6-13(7-3-1)16-12-19-17-11-10-14-8-4-5-9-15(14)18(16)17/h1-9,16-17H,10-12H2/t16-,17?/m0/s1. The number of hydrogen-bond donors (Lipinski definition) is 0. The molecular formula is C17H17NO. The Balaban J connectivity index is 1.78. The molecule has 1 saturated heterocycles. The van der Waals surface area contributed by atoms with E-state index in [4.69, 9.17) is 4.74 Å². The molecule has 0 saturated carbocycles. The van der Waals surface area contributed by atoms with Crippen LogP contribution in [0.4, 0.5) is 5.69 Å². The smallest absolute Gasteiger partial charge is 0.131 e. The van der Waals surface area contributed by atoms with Crippen molar-refractivity contribution in [3.63, 3.8) is 0 Å². The normalized spacial score (nSPS) is 24.9. The molecule has 0 spiro atoms. The van der Waals surface area contributed by atoms with Crippen molar-refractivity contribution in [1.29, 1.82) is 0 Å². The molecule has 19 heavy (non-hydrogen) atoms. The molecular weight excluding hydrogens is 234 g/mol. The van der Waals surface area contributed by atoms with Gasteiger partial charge in [0.2, 0.25) is 0 Å². The van der Waals surface area contributed by atoms with E-state index in [1.165, 1.54) is 16.8 Å². The molecule has 2 aromatic rings. The highest BCUT2D eigenvalue weighted by Gasteiger charge is 2.38. The number of hydrogen-bond acceptors (Lipinski definition) is 2. The second kappa shape index (κ2) is 4.39. The molecule has 96 valence electrons. The van der Waals surface area contributed by atoms with Crippen LogP contribution in [0.2, 0.25) is 0 Å². The van der Waals surface area contributed by atoms with Gasteiger partial charge in [-0.2, -0.15) is 0 Å². The Morgan fingerprint density at radius 2 is 1.74 bits per heavy atom. The van der Waals surface area contributed by atoms with E-state index in [1.807, 2.05) is 0 Å². The summed E-state index contributed by atoms with van der Waals surface area (Å²) in [5.41, 5.74) is 4.15. The van der Waals surface area contributed by atoms with Crippen LogP contribution in [-0.2, 0) is 11.2 Å². The van der Waals surface area contributed by atoms with Crippen molar-refractivity contribution in [2.24, 2.45) is 0 Å². The molecule has 2 heterocycles. The monoisotopic (exact) mass is 251 g/mol. The number of benzene rings is 2. The highest BCUT2D eigenvalue weighted by Crippen LogP contribution is 2.41. The molecule has 0 aliphatic carbocycles. The lowest BCUT2D eigenvalue weighted by Gasteiger charge is -2.36. The summed E-state index contributed by atoms with van der Waals surface area (Å²) in [6.45, 7) is 0.795. The molecule has 2 nitrogen and oxygen atoms in total. The number of fused-ring (bicyclic) bond motifs is 3. The molecule has 0 aromatic heterocycles. The third kappa shape index (κ3) is 1.75. The molecule has 1 unspecified atom stereocenters. The van der Waals surface area contributed by atoms with Crippen LogP contribution < -0.4 is 4.90 Å². The number of para-hydroxylation sites is 1. The Bertz CT molecular complexity index is 581. The van der Waals surface area contributed by atoms with Crippen LogP contribution in [0.1, 0.15) is 23.6 Å². The zero-order chi connectivity index (χ0) is 12.7. The molecule has 4 rings (SSSR count). The third-order valence-corrected chi connectivity index (χ3v) is 4.21. The quantitative estimate of drug-likeness (QED) is 0.768. The van der Waals surface area contributed by atoms with E-state index in [1.54, 1.807) is 0 Å². The maximum atomic E-state index is 6.01. The summed E-state index contributed by atoms with van der Waals surface area (Å²) in [4.78, 5) is 2.47. The van der Waals surface area contributed by atoms with E-state index in [0.29, 0.717) is 6.04 Å². The van der Waals surface area contributed by atoms with Crippen molar-refractivity contribution in [1.82, 2.24) is 0 Å². The van der Waals surface area contributed by atoms with E-state index in [9.17, 15) is 0 Å². The third-order valence-electron chi connectivity index (χ3n) is 4.21. The highest BCUT2D eigenvalue weighted by molar-refractivity contribution is 5.58. The Hall–Kier alpha value is -1.80. The minimum absolute atomic E-state index is 0.250. The van der Waals surface area contributed by atoms with Gasteiger partial charge in [0.15, 0.2) is 0 Å². The van der Waals surface area contributed by atoms with Gasteiger partial charge in [-0.15, -0.1) is 0 Å². The van der Waals surface area contributed by atoms with Crippen molar-refractivity contribution in [2.45, 2.75) is 25.1 Å². The van der Waals surface area contributed by atoms with E-state index < -0.39 is 0 Å². The fourth-order valence-corrected chi connectivity index (χ4v) is 3.29. The van der Waals surface area contributed by atoms with Crippen molar-refractivity contribution in [3.8, 4) is 0 Å². The molecule has 0 radical (unpaired) electrons. The van der Waals surface area contributed by atoms with Crippen LogP contribution >= 0.6 is 0 Å². The highest BCUT2D eigenvalue weighted by atomic mass is 16.5. The zero-order valence-corrected chi connectivity index (χ0v) is 10.8. The molecule has 0 bridgehead atoms. The van der Waals surface area contributed by atoms with Gasteiger partial charge in [-0.1, -0.05) is 48.5 Å². The fourth-order valence-electron chi connectivity index (χ4n) is 3.29. The first kappa shape index (κ1) is 11.1. The maximum absolute atomic E-state index is 6.01. The Labute approximate surface area is 113 Å². The molecule has 2 atom stereocenters. The van der Waals surface area contributed by atoms with Crippen LogP contribution in [-0.4, -0.2) is 12.8 Å². The summed E-state index contributed by atoms with van der Waals surface area (Å²) in [6, 6.07) is 19.8. The van der Waals surface area contributed by atoms with Gasteiger partial charge in [0.05, 0.1) is 12.6 Å². The van der Waals surface area contributed by atoms with Crippen LogP contribution in [0.3, 0.4) is 0 Å². The lowest BCUT2D eigenvalue weighted by atomic mass is 9.98. The minimum atomic E-state index is 0.250. The van der Waals surface area contributed by atoms with Gasteiger partial charge in [0.1, 0.15) is 6.23 Å². The first-order valence-corrected chi connectivity index (χ1v) is 6.96. The SMILES string of the molecule is c1ccc([C@@H]2COC3CCc4ccccc4N32)cc1. The number of rotatable bonds is 1. The average Bonchev–Trinajstić information content (AvgIpc) is 2.92. The Morgan fingerprint density at radius 1 is 0.947 bits per heavy atom. The molecule has 2 aliphatic heterocycles. The zero-order valence-electron chi connectivity index (χ0n) is 10.8. The molecule has 0 N–H and O–H groups in total.